The molecule has 0 aliphatic carbocycles. The van der Waals surface area contributed by atoms with Crippen molar-refractivity contribution in [1.82, 2.24) is 0 Å². The van der Waals surface area contributed by atoms with Gasteiger partial charge in [-0.15, -0.1) is 0 Å². The smallest absolute Gasteiger partial charge is 0.339 e. The molecule has 128 valence electrons. The van der Waals surface area contributed by atoms with Crippen molar-refractivity contribution in [3.8, 4) is 11.5 Å². The summed E-state index contributed by atoms with van der Waals surface area (Å²) in [5.74, 6) is -0.831. The van der Waals surface area contributed by atoms with Gasteiger partial charge in [-0.25, -0.2) is 13.2 Å². The molecule has 0 heterocycles. The average molecular weight is 372 g/mol. The number of sulfonamides is 1. The van der Waals surface area contributed by atoms with Crippen LogP contribution in [0.3, 0.4) is 0 Å². The standard InChI is InChI=1S/C15H14ClNO6S/c1-22-13-6-4-10(8-11(13)15(18)19)24(20,21)17-9-3-5-14(23-2)12(16)7-9/h3-8,17H,1-2H3,(H,18,19). The van der Waals surface area contributed by atoms with E-state index in [9.17, 15) is 13.2 Å². The van der Waals surface area contributed by atoms with Crippen LogP contribution in [-0.4, -0.2) is 33.7 Å². The van der Waals surface area contributed by atoms with E-state index in [1.807, 2.05) is 0 Å². The molecule has 0 aliphatic heterocycles. The maximum absolute atomic E-state index is 12.4. The fraction of sp³-hybridized carbons (Fsp3) is 0.133. The largest absolute Gasteiger partial charge is 0.496 e. The van der Waals surface area contributed by atoms with Crippen LogP contribution < -0.4 is 14.2 Å². The molecule has 0 spiro atoms. The number of ether oxygens (including phenoxy) is 2. The summed E-state index contributed by atoms with van der Waals surface area (Å²) in [6, 6.07) is 7.92. The Morgan fingerprint density at radius 1 is 1.08 bits per heavy atom. The molecule has 0 aliphatic rings. The van der Waals surface area contributed by atoms with Gasteiger partial charge in [0.05, 0.1) is 29.8 Å². The molecule has 7 nitrogen and oxygen atoms in total. The van der Waals surface area contributed by atoms with Crippen molar-refractivity contribution in [3.63, 3.8) is 0 Å². The van der Waals surface area contributed by atoms with E-state index in [0.717, 1.165) is 6.07 Å². The van der Waals surface area contributed by atoms with Crippen molar-refractivity contribution in [3.05, 3.63) is 47.0 Å². The zero-order chi connectivity index (χ0) is 17.9. The Bertz CT molecular complexity index is 882. The normalized spacial score (nSPS) is 11.0. The summed E-state index contributed by atoms with van der Waals surface area (Å²) in [5, 5.41) is 9.38. The summed E-state index contributed by atoms with van der Waals surface area (Å²) < 4.78 is 37.1. The van der Waals surface area contributed by atoms with Crippen LogP contribution in [0.4, 0.5) is 5.69 Å². The first-order chi connectivity index (χ1) is 11.3. The molecule has 2 aromatic carbocycles. The van der Waals surface area contributed by atoms with E-state index in [1.54, 1.807) is 0 Å². The Hall–Kier alpha value is -2.45. The van der Waals surface area contributed by atoms with E-state index >= 15 is 0 Å². The van der Waals surface area contributed by atoms with Gasteiger partial charge in [-0.2, -0.15) is 0 Å². The fourth-order valence-electron chi connectivity index (χ4n) is 1.97. The minimum absolute atomic E-state index is 0.0638. The molecule has 2 rings (SSSR count). The number of hydrogen-bond donors (Lipinski definition) is 2. The summed E-state index contributed by atoms with van der Waals surface area (Å²) in [6.45, 7) is 0. The predicted octanol–water partition coefficient (Wildman–Crippen LogP) is 2.86. The van der Waals surface area contributed by atoms with Gasteiger partial charge in [0.2, 0.25) is 0 Å². The highest BCUT2D eigenvalue weighted by molar-refractivity contribution is 7.92. The first-order valence-corrected chi connectivity index (χ1v) is 8.42. The van der Waals surface area contributed by atoms with Crippen LogP contribution in [-0.2, 0) is 10.0 Å². The number of nitrogens with one attached hydrogen (secondary N) is 1. The lowest BCUT2D eigenvalue weighted by molar-refractivity contribution is 0.0693. The summed E-state index contributed by atoms with van der Waals surface area (Å²) in [5.41, 5.74) is -0.0402. The Morgan fingerprint density at radius 3 is 2.25 bits per heavy atom. The second-order valence-electron chi connectivity index (χ2n) is 4.62. The van der Waals surface area contributed by atoms with E-state index < -0.39 is 16.0 Å². The third-order valence-corrected chi connectivity index (χ3v) is 4.79. The highest BCUT2D eigenvalue weighted by atomic mass is 35.5. The van der Waals surface area contributed by atoms with Crippen LogP contribution in [0, 0.1) is 0 Å². The molecule has 9 heteroatoms. The second kappa shape index (κ2) is 6.98. The minimum Gasteiger partial charge on any atom is -0.496 e. The van der Waals surface area contributed by atoms with Crippen LogP contribution in [0.25, 0.3) is 0 Å². The van der Waals surface area contributed by atoms with Crippen molar-refractivity contribution in [2.75, 3.05) is 18.9 Å². The summed E-state index contributed by atoms with van der Waals surface area (Å²) in [7, 11) is -1.26. The van der Waals surface area contributed by atoms with E-state index in [0.29, 0.717) is 5.75 Å². The fourth-order valence-corrected chi connectivity index (χ4v) is 3.30. The zero-order valence-electron chi connectivity index (χ0n) is 12.7. The van der Waals surface area contributed by atoms with Gasteiger partial charge in [0.15, 0.2) is 0 Å². The number of carboxylic acid groups (broad SMARTS) is 1. The Labute approximate surface area is 143 Å². The molecular weight excluding hydrogens is 358 g/mol. The van der Waals surface area contributed by atoms with Crippen molar-refractivity contribution in [2.45, 2.75) is 4.90 Å². The number of benzene rings is 2. The van der Waals surface area contributed by atoms with Crippen molar-refractivity contribution in [2.24, 2.45) is 0 Å². The third-order valence-electron chi connectivity index (χ3n) is 3.12. The molecule has 0 unspecified atom stereocenters. The quantitative estimate of drug-likeness (QED) is 0.809. The molecule has 2 aromatic rings. The molecule has 0 bridgehead atoms. The number of anilines is 1. The Morgan fingerprint density at radius 2 is 1.71 bits per heavy atom. The van der Waals surface area contributed by atoms with Crippen LogP contribution >= 0.6 is 11.6 Å². The molecule has 0 radical (unpaired) electrons. The minimum atomic E-state index is -4.00. The van der Waals surface area contributed by atoms with Gasteiger partial charge in [-0.1, -0.05) is 11.6 Å². The van der Waals surface area contributed by atoms with E-state index in [-0.39, 0.29) is 26.9 Å². The monoisotopic (exact) mass is 371 g/mol. The van der Waals surface area contributed by atoms with Gasteiger partial charge in [0.1, 0.15) is 17.1 Å². The third kappa shape index (κ3) is 3.72. The zero-order valence-corrected chi connectivity index (χ0v) is 14.3. The van der Waals surface area contributed by atoms with Gasteiger partial charge >= 0.3 is 5.97 Å². The number of carboxylic acids is 1. The van der Waals surface area contributed by atoms with Crippen LogP contribution in [0.2, 0.25) is 5.02 Å². The number of aromatic carboxylic acids is 1. The van der Waals surface area contributed by atoms with Crippen LogP contribution in [0.5, 0.6) is 11.5 Å². The Kier molecular flexibility index (Phi) is 5.20. The second-order valence-corrected chi connectivity index (χ2v) is 6.71. The van der Waals surface area contributed by atoms with Crippen molar-refractivity contribution < 1.29 is 27.8 Å². The van der Waals surface area contributed by atoms with E-state index in [4.69, 9.17) is 26.2 Å². The predicted molar refractivity (Wildman–Crippen MR) is 88.8 cm³/mol. The lowest BCUT2D eigenvalue weighted by Crippen LogP contribution is -2.14. The number of halogens is 1. The topological polar surface area (TPSA) is 102 Å². The SMILES string of the molecule is COc1ccc(NS(=O)(=O)c2ccc(OC)c(C(=O)O)c2)cc1Cl. The average Bonchev–Trinajstić information content (AvgIpc) is 2.54. The highest BCUT2D eigenvalue weighted by Gasteiger charge is 2.20. The molecule has 0 saturated carbocycles. The summed E-state index contributed by atoms with van der Waals surface area (Å²) >= 11 is 5.96. The van der Waals surface area contributed by atoms with Crippen molar-refractivity contribution >= 4 is 33.3 Å². The van der Waals surface area contributed by atoms with Crippen LogP contribution in [0.1, 0.15) is 10.4 Å². The van der Waals surface area contributed by atoms with Gasteiger partial charge in [0, 0.05) is 0 Å². The van der Waals surface area contributed by atoms with Gasteiger partial charge in [-0.3, -0.25) is 4.72 Å². The molecule has 24 heavy (non-hydrogen) atoms. The molecule has 0 fully saturated rings. The molecular formula is C15H14ClNO6S. The maximum Gasteiger partial charge on any atom is 0.339 e. The molecule has 2 N–H and O–H groups in total. The lowest BCUT2D eigenvalue weighted by atomic mass is 10.2. The van der Waals surface area contributed by atoms with E-state index in [1.165, 1.54) is 44.6 Å². The first-order valence-electron chi connectivity index (χ1n) is 6.56. The molecule has 0 aromatic heterocycles. The molecule has 0 amide bonds. The number of carbonyl (C=O) groups is 1. The first kappa shape index (κ1) is 17.9. The van der Waals surface area contributed by atoms with E-state index in [2.05, 4.69) is 4.72 Å². The summed E-state index contributed by atoms with van der Waals surface area (Å²) in [6.07, 6.45) is 0. The van der Waals surface area contributed by atoms with Gasteiger partial charge < -0.3 is 14.6 Å². The highest BCUT2D eigenvalue weighted by Crippen LogP contribution is 2.29. The van der Waals surface area contributed by atoms with Gasteiger partial charge in [-0.05, 0) is 36.4 Å². The van der Waals surface area contributed by atoms with Crippen molar-refractivity contribution in [1.29, 1.82) is 0 Å². The lowest BCUT2D eigenvalue weighted by Gasteiger charge is -2.11. The maximum atomic E-state index is 12.4. The summed E-state index contributed by atoms with van der Waals surface area (Å²) in [4.78, 5) is 11.0. The number of methoxy groups -OCH3 is 2. The molecule has 0 atom stereocenters. The molecule has 0 saturated heterocycles. The van der Waals surface area contributed by atoms with Crippen LogP contribution in [0.15, 0.2) is 41.3 Å². The van der Waals surface area contributed by atoms with Gasteiger partial charge in [0.25, 0.3) is 10.0 Å². The number of rotatable bonds is 6. The number of hydrogen-bond acceptors (Lipinski definition) is 5. The Balaban J connectivity index is 2.39.